The standard InChI is InChI=1S/C48H89O13P/c1-3-5-7-9-11-13-15-17-19-20-21-22-23-25-27-29-31-33-35-37-42(50)60-40(39-59-62(56,57)61-48-46(54)44(52)43(51)45(53)47(48)55)38-58-41(49)36-34-32-30-28-26-24-18-16-14-12-10-8-6-4-2/h10,12,16,18,40,43-48,51-55H,3-9,11,13-15,17,19-39H2,1-2H3,(H,56,57)/b12-10+,18-16+/t40-,43?,44+,45?,46?,47?,48?/m1/s1. The van der Waals surface area contributed by atoms with Crippen LogP contribution in [0.25, 0.3) is 0 Å². The van der Waals surface area contributed by atoms with Gasteiger partial charge in [0.2, 0.25) is 0 Å². The van der Waals surface area contributed by atoms with Gasteiger partial charge in [-0.2, -0.15) is 0 Å². The van der Waals surface area contributed by atoms with Gasteiger partial charge in [-0.25, -0.2) is 4.57 Å². The van der Waals surface area contributed by atoms with Gasteiger partial charge in [0.1, 0.15) is 43.2 Å². The zero-order chi connectivity index (χ0) is 45.7. The minimum absolute atomic E-state index is 0.0983. The predicted molar refractivity (Wildman–Crippen MR) is 244 cm³/mol. The van der Waals surface area contributed by atoms with E-state index < -0.39 is 75.7 Å². The van der Waals surface area contributed by atoms with Crippen LogP contribution in [0.15, 0.2) is 24.3 Å². The SMILES string of the molecule is CCCC/C=C/C/C=C/CCCCCCCC(=O)OC[C@H](COP(=O)(O)OC1C(O)C(O)C(O)[C@H](O)C1O)OC(=O)CCCCCCCCCCCCCCCCCCCCC. The van der Waals surface area contributed by atoms with Crippen LogP contribution in [0.3, 0.4) is 0 Å². The Labute approximate surface area is 375 Å². The molecule has 1 aliphatic carbocycles. The maximum atomic E-state index is 12.8. The predicted octanol–water partition coefficient (Wildman–Crippen LogP) is 10.0. The lowest BCUT2D eigenvalue weighted by atomic mass is 9.85. The molecule has 0 radical (unpaired) electrons. The lowest BCUT2D eigenvalue weighted by Gasteiger charge is -2.41. The summed E-state index contributed by atoms with van der Waals surface area (Å²) in [5.41, 5.74) is 0. The van der Waals surface area contributed by atoms with Crippen LogP contribution in [-0.4, -0.2) is 98.3 Å². The number of aliphatic hydroxyl groups excluding tert-OH is 5. The Morgan fingerprint density at radius 2 is 0.887 bits per heavy atom. The monoisotopic (exact) mass is 905 g/mol. The van der Waals surface area contributed by atoms with E-state index in [1.165, 1.54) is 109 Å². The summed E-state index contributed by atoms with van der Waals surface area (Å²) in [7, 11) is -5.12. The van der Waals surface area contributed by atoms with Crippen LogP contribution in [0.1, 0.15) is 213 Å². The van der Waals surface area contributed by atoms with Crippen molar-refractivity contribution in [2.45, 2.75) is 256 Å². The summed E-state index contributed by atoms with van der Waals surface area (Å²) in [5, 5.41) is 50.2. The summed E-state index contributed by atoms with van der Waals surface area (Å²) in [6.07, 6.45) is 29.4. The number of carbonyl (C=O) groups excluding carboxylic acids is 2. The van der Waals surface area contributed by atoms with Gasteiger partial charge in [0.25, 0.3) is 0 Å². The van der Waals surface area contributed by atoms with E-state index in [-0.39, 0.29) is 12.8 Å². The normalized spacial score (nSPS) is 22.0. The third-order valence-electron chi connectivity index (χ3n) is 11.5. The zero-order valence-corrected chi connectivity index (χ0v) is 39.6. The molecule has 0 aromatic carbocycles. The number of aliphatic hydroxyl groups is 5. The highest BCUT2D eigenvalue weighted by molar-refractivity contribution is 7.47. The summed E-state index contributed by atoms with van der Waals surface area (Å²) in [5.74, 6) is -1.11. The van der Waals surface area contributed by atoms with Crippen molar-refractivity contribution in [1.82, 2.24) is 0 Å². The summed E-state index contributed by atoms with van der Waals surface area (Å²) in [6, 6.07) is 0. The van der Waals surface area contributed by atoms with Crippen LogP contribution in [0.5, 0.6) is 0 Å². The maximum Gasteiger partial charge on any atom is 0.472 e. The third-order valence-corrected chi connectivity index (χ3v) is 12.5. The van der Waals surface area contributed by atoms with Gasteiger partial charge in [0.15, 0.2) is 6.10 Å². The molecule has 0 aromatic rings. The fourth-order valence-electron chi connectivity index (χ4n) is 7.54. The smallest absolute Gasteiger partial charge is 0.462 e. The Bertz CT molecular complexity index is 1180. The molecule has 0 amide bonds. The van der Waals surface area contributed by atoms with E-state index in [4.69, 9.17) is 18.5 Å². The second-order valence-corrected chi connectivity index (χ2v) is 18.7. The molecule has 1 aliphatic rings. The van der Waals surface area contributed by atoms with Crippen molar-refractivity contribution in [2.24, 2.45) is 0 Å². The lowest BCUT2D eigenvalue weighted by Crippen LogP contribution is -2.64. The number of esters is 2. The molecule has 8 atom stereocenters. The van der Waals surface area contributed by atoms with Gasteiger partial charge in [-0.05, 0) is 38.5 Å². The van der Waals surface area contributed by atoms with Crippen molar-refractivity contribution < 1.29 is 63.1 Å². The number of rotatable bonds is 41. The summed E-state index contributed by atoms with van der Waals surface area (Å²) < 4.78 is 33.6. The Balaban J connectivity index is 2.41. The van der Waals surface area contributed by atoms with Crippen LogP contribution in [0.2, 0.25) is 0 Å². The van der Waals surface area contributed by atoms with E-state index in [0.717, 1.165) is 64.2 Å². The summed E-state index contributed by atoms with van der Waals surface area (Å²) in [4.78, 5) is 35.7. The zero-order valence-electron chi connectivity index (χ0n) is 38.7. The number of carbonyl (C=O) groups is 2. The van der Waals surface area contributed by atoms with Crippen molar-refractivity contribution in [1.29, 1.82) is 0 Å². The largest absolute Gasteiger partial charge is 0.472 e. The molecule has 0 aromatic heterocycles. The van der Waals surface area contributed by atoms with Gasteiger partial charge in [-0.1, -0.05) is 186 Å². The molecule has 13 nitrogen and oxygen atoms in total. The van der Waals surface area contributed by atoms with Gasteiger partial charge in [-0.15, -0.1) is 0 Å². The first-order chi connectivity index (χ1) is 29.9. The van der Waals surface area contributed by atoms with Crippen LogP contribution < -0.4 is 0 Å². The average molecular weight is 905 g/mol. The van der Waals surface area contributed by atoms with Crippen LogP contribution in [0, 0.1) is 0 Å². The first-order valence-electron chi connectivity index (χ1n) is 24.6. The Morgan fingerprint density at radius 1 is 0.500 bits per heavy atom. The van der Waals surface area contributed by atoms with E-state index in [0.29, 0.717) is 12.8 Å². The molecule has 6 unspecified atom stereocenters. The highest BCUT2D eigenvalue weighted by Crippen LogP contribution is 2.47. The molecule has 0 aliphatic heterocycles. The van der Waals surface area contributed by atoms with Crippen LogP contribution >= 0.6 is 7.82 Å². The second-order valence-electron chi connectivity index (χ2n) is 17.3. The summed E-state index contributed by atoms with van der Waals surface area (Å²) >= 11 is 0. The fraction of sp³-hybridized carbons (Fsp3) is 0.875. The minimum Gasteiger partial charge on any atom is -0.462 e. The fourth-order valence-corrected chi connectivity index (χ4v) is 8.51. The first-order valence-corrected chi connectivity index (χ1v) is 26.1. The lowest BCUT2D eigenvalue weighted by molar-refractivity contribution is -0.220. The first kappa shape index (κ1) is 58.3. The highest BCUT2D eigenvalue weighted by atomic mass is 31.2. The molecule has 14 heteroatoms. The van der Waals surface area contributed by atoms with Crippen molar-refractivity contribution in [3.05, 3.63) is 24.3 Å². The molecule has 62 heavy (non-hydrogen) atoms. The third kappa shape index (κ3) is 30.5. The second kappa shape index (κ2) is 38.6. The Hall–Kier alpha value is -1.67. The highest BCUT2D eigenvalue weighted by Gasteiger charge is 2.51. The van der Waals surface area contributed by atoms with Gasteiger partial charge in [0.05, 0.1) is 6.61 Å². The van der Waals surface area contributed by atoms with Gasteiger partial charge in [-0.3, -0.25) is 18.6 Å². The number of hydrogen-bond acceptors (Lipinski definition) is 12. The number of phosphoric acid groups is 1. The average Bonchev–Trinajstić information content (AvgIpc) is 3.25. The van der Waals surface area contributed by atoms with Crippen molar-refractivity contribution in [3.8, 4) is 0 Å². The maximum absolute atomic E-state index is 12.8. The Morgan fingerprint density at radius 3 is 1.35 bits per heavy atom. The minimum atomic E-state index is -5.12. The number of allylic oxidation sites excluding steroid dienone is 4. The molecule has 0 spiro atoms. The number of phosphoric ester groups is 1. The molecule has 0 bridgehead atoms. The van der Waals surface area contributed by atoms with E-state index in [9.17, 15) is 44.6 Å². The molecule has 364 valence electrons. The molecule has 0 saturated heterocycles. The van der Waals surface area contributed by atoms with Crippen molar-refractivity contribution in [2.75, 3.05) is 13.2 Å². The van der Waals surface area contributed by atoms with Crippen molar-refractivity contribution in [3.63, 3.8) is 0 Å². The van der Waals surface area contributed by atoms with Crippen LogP contribution in [0.4, 0.5) is 0 Å². The van der Waals surface area contributed by atoms with E-state index in [2.05, 4.69) is 38.2 Å². The molecule has 1 saturated carbocycles. The quantitative estimate of drug-likeness (QED) is 0.0146. The summed E-state index contributed by atoms with van der Waals surface area (Å²) in [6.45, 7) is 3.27. The molecule has 1 fully saturated rings. The number of ether oxygens (including phenoxy) is 2. The van der Waals surface area contributed by atoms with Gasteiger partial charge >= 0.3 is 19.8 Å². The van der Waals surface area contributed by atoms with Crippen LogP contribution in [-0.2, 0) is 32.7 Å². The molecule has 6 N–H and O–H groups in total. The molecular formula is C48H89O13P. The van der Waals surface area contributed by atoms with E-state index >= 15 is 0 Å². The molecular weight excluding hydrogens is 815 g/mol. The van der Waals surface area contributed by atoms with Gasteiger partial charge in [0, 0.05) is 12.8 Å². The molecule has 0 heterocycles. The van der Waals surface area contributed by atoms with Gasteiger partial charge < -0.3 is 39.9 Å². The molecule has 1 rings (SSSR count). The Kier molecular flexibility index (Phi) is 36.3. The number of unbranched alkanes of at least 4 members (excludes halogenated alkanes) is 25. The van der Waals surface area contributed by atoms with E-state index in [1.807, 2.05) is 0 Å². The topological polar surface area (TPSA) is 210 Å². The van der Waals surface area contributed by atoms with E-state index in [1.54, 1.807) is 0 Å². The van der Waals surface area contributed by atoms with Crippen molar-refractivity contribution >= 4 is 19.8 Å². The number of hydrogen-bond donors (Lipinski definition) is 6.